The van der Waals surface area contributed by atoms with E-state index in [2.05, 4.69) is 20.1 Å². The van der Waals surface area contributed by atoms with Crippen LogP contribution in [0.5, 0.6) is 0 Å². The minimum atomic E-state index is -4.78. The molecule has 0 radical (unpaired) electrons. The lowest BCUT2D eigenvalue weighted by Gasteiger charge is -2.20. The molecule has 0 aliphatic heterocycles. The van der Waals surface area contributed by atoms with Gasteiger partial charge in [0.2, 0.25) is 0 Å². The SMILES string of the molecule is Cc1cnc(-c2c(-c3c(F)cccc3Cl)c[nH]c2-c2cnn(CC(C)(C)O)c2C(F)(F)F)[nH]1. The van der Waals surface area contributed by atoms with E-state index in [4.69, 9.17) is 11.6 Å². The number of aromatic amines is 2. The van der Waals surface area contributed by atoms with E-state index in [9.17, 15) is 22.7 Å². The lowest BCUT2D eigenvalue weighted by Crippen LogP contribution is -2.29. The Kier molecular flexibility index (Phi) is 5.61. The van der Waals surface area contributed by atoms with E-state index in [1.54, 1.807) is 6.92 Å². The second kappa shape index (κ2) is 8.03. The Morgan fingerprint density at radius 3 is 2.42 bits per heavy atom. The molecule has 0 saturated carbocycles. The van der Waals surface area contributed by atoms with E-state index in [0.717, 1.165) is 6.20 Å². The lowest BCUT2D eigenvalue weighted by atomic mass is 9.98. The van der Waals surface area contributed by atoms with Crippen LogP contribution in [0, 0.1) is 12.7 Å². The predicted molar refractivity (Wildman–Crippen MR) is 116 cm³/mol. The highest BCUT2D eigenvalue weighted by Gasteiger charge is 2.40. The fraction of sp³-hybridized carbons (Fsp3) is 0.273. The molecule has 0 saturated heterocycles. The van der Waals surface area contributed by atoms with Crippen LogP contribution in [0.3, 0.4) is 0 Å². The maximum Gasteiger partial charge on any atom is 0.433 e. The maximum absolute atomic E-state index is 14.8. The fourth-order valence-electron chi connectivity index (χ4n) is 3.73. The smallest absolute Gasteiger partial charge is 0.389 e. The van der Waals surface area contributed by atoms with E-state index in [1.165, 1.54) is 44.4 Å². The summed E-state index contributed by atoms with van der Waals surface area (Å²) in [4.78, 5) is 10.1. The minimum absolute atomic E-state index is 0.0307. The van der Waals surface area contributed by atoms with E-state index >= 15 is 0 Å². The highest BCUT2D eigenvalue weighted by atomic mass is 35.5. The Bertz CT molecular complexity index is 1290. The van der Waals surface area contributed by atoms with Gasteiger partial charge in [0.15, 0.2) is 5.69 Å². The third-order valence-electron chi connectivity index (χ3n) is 4.97. The Morgan fingerprint density at radius 2 is 1.85 bits per heavy atom. The molecule has 0 atom stereocenters. The molecule has 6 nitrogen and oxygen atoms in total. The summed E-state index contributed by atoms with van der Waals surface area (Å²) in [6, 6.07) is 4.15. The van der Waals surface area contributed by atoms with Crippen LogP contribution in [0.1, 0.15) is 25.2 Å². The molecule has 3 aromatic heterocycles. The Balaban J connectivity index is 2.02. The zero-order valence-corrected chi connectivity index (χ0v) is 18.6. The van der Waals surface area contributed by atoms with Crippen molar-refractivity contribution in [3.05, 3.63) is 59.0 Å². The molecule has 3 N–H and O–H groups in total. The molecule has 174 valence electrons. The number of nitrogens with zero attached hydrogens (tertiary/aromatic N) is 3. The molecule has 1 aromatic carbocycles. The molecule has 0 spiro atoms. The summed E-state index contributed by atoms with van der Waals surface area (Å²) in [5.74, 6) is -0.396. The summed E-state index contributed by atoms with van der Waals surface area (Å²) in [6.45, 7) is 4.13. The van der Waals surface area contributed by atoms with Crippen LogP contribution in [0.2, 0.25) is 5.02 Å². The number of hydrogen-bond acceptors (Lipinski definition) is 3. The Labute approximate surface area is 191 Å². The number of alkyl halides is 3. The van der Waals surface area contributed by atoms with E-state index in [0.29, 0.717) is 10.4 Å². The van der Waals surface area contributed by atoms with Crippen molar-refractivity contribution in [3.8, 4) is 33.8 Å². The van der Waals surface area contributed by atoms with E-state index in [1.807, 2.05) is 0 Å². The fourth-order valence-corrected chi connectivity index (χ4v) is 3.99. The largest absolute Gasteiger partial charge is 0.433 e. The van der Waals surface area contributed by atoms with Gasteiger partial charge in [-0.2, -0.15) is 18.3 Å². The van der Waals surface area contributed by atoms with Gasteiger partial charge < -0.3 is 15.1 Å². The third kappa shape index (κ3) is 4.40. The molecule has 0 bridgehead atoms. The van der Waals surface area contributed by atoms with Crippen molar-refractivity contribution >= 4 is 11.6 Å². The van der Waals surface area contributed by atoms with Gasteiger partial charge in [-0.3, -0.25) is 4.68 Å². The average Bonchev–Trinajstić information content (AvgIpc) is 3.37. The summed E-state index contributed by atoms with van der Waals surface area (Å²) in [5, 5.41) is 14.1. The summed E-state index contributed by atoms with van der Waals surface area (Å²) in [5.41, 5.74) is -1.58. The molecule has 0 amide bonds. The van der Waals surface area contributed by atoms with Gasteiger partial charge >= 0.3 is 6.18 Å². The van der Waals surface area contributed by atoms with Crippen molar-refractivity contribution in [2.75, 3.05) is 0 Å². The van der Waals surface area contributed by atoms with Gasteiger partial charge in [-0.15, -0.1) is 0 Å². The van der Waals surface area contributed by atoms with Crippen LogP contribution in [-0.2, 0) is 12.7 Å². The van der Waals surface area contributed by atoms with Crippen molar-refractivity contribution < 1.29 is 22.7 Å². The molecule has 11 heteroatoms. The van der Waals surface area contributed by atoms with Gasteiger partial charge in [-0.25, -0.2) is 9.37 Å². The molecule has 0 aliphatic carbocycles. The highest BCUT2D eigenvalue weighted by Crippen LogP contribution is 2.45. The van der Waals surface area contributed by atoms with Gasteiger partial charge in [0.1, 0.15) is 11.6 Å². The quantitative estimate of drug-likeness (QED) is 0.314. The number of halogens is 5. The van der Waals surface area contributed by atoms with E-state index in [-0.39, 0.29) is 45.3 Å². The number of aliphatic hydroxyl groups is 1. The van der Waals surface area contributed by atoms with Crippen molar-refractivity contribution in [2.24, 2.45) is 0 Å². The number of aromatic nitrogens is 5. The van der Waals surface area contributed by atoms with Crippen molar-refractivity contribution in [1.82, 2.24) is 24.7 Å². The van der Waals surface area contributed by atoms with Gasteiger partial charge in [0, 0.05) is 34.8 Å². The summed E-state index contributed by atoms with van der Waals surface area (Å²) < 4.78 is 57.9. The molecule has 0 fully saturated rings. The summed E-state index contributed by atoms with van der Waals surface area (Å²) in [6.07, 6.45) is -0.817. The minimum Gasteiger partial charge on any atom is -0.389 e. The number of aryl methyl sites for hydroxylation is 1. The molecule has 4 rings (SSSR count). The van der Waals surface area contributed by atoms with Gasteiger partial charge in [0.05, 0.1) is 34.6 Å². The molecule has 3 heterocycles. The standard InChI is InChI=1S/C22H20ClF4N5O/c1-11-7-29-20(31-11)17-12(16-14(23)5-4-6-15(16)24)8-28-18(17)13-9-30-32(10-21(2,3)33)19(13)22(25,26)27/h4-9,28,33H,10H2,1-3H3,(H,29,31). The van der Waals surface area contributed by atoms with Crippen LogP contribution < -0.4 is 0 Å². The first kappa shape index (κ1) is 23.1. The molecule has 0 aliphatic rings. The van der Waals surface area contributed by atoms with Crippen LogP contribution in [0.4, 0.5) is 17.6 Å². The van der Waals surface area contributed by atoms with Crippen molar-refractivity contribution in [2.45, 2.75) is 39.1 Å². The van der Waals surface area contributed by atoms with Crippen LogP contribution in [0.15, 0.2) is 36.8 Å². The predicted octanol–water partition coefficient (Wildman–Crippen LogP) is 5.83. The summed E-state index contributed by atoms with van der Waals surface area (Å²) in [7, 11) is 0. The highest BCUT2D eigenvalue weighted by molar-refractivity contribution is 6.33. The maximum atomic E-state index is 14.8. The van der Waals surface area contributed by atoms with E-state index < -0.39 is 23.3 Å². The van der Waals surface area contributed by atoms with Gasteiger partial charge in [-0.1, -0.05) is 17.7 Å². The van der Waals surface area contributed by atoms with Crippen LogP contribution in [-0.4, -0.2) is 35.4 Å². The van der Waals surface area contributed by atoms with Crippen molar-refractivity contribution in [3.63, 3.8) is 0 Å². The Morgan fingerprint density at radius 1 is 1.12 bits per heavy atom. The zero-order chi connectivity index (χ0) is 24.1. The molecular formula is C22H20ClF4N5O. The molecule has 0 unspecified atom stereocenters. The lowest BCUT2D eigenvalue weighted by molar-refractivity contribution is -0.144. The first-order valence-electron chi connectivity index (χ1n) is 9.90. The number of rotatable bonds is 5. The number of H-pyrrole nitrogens is 2. The average molecular weight is 482 g/mol. The first-order chi connectivity index (χ1) is 15.4. The number of nitrogens with one attached hydrogen (secondary N) is 2. The molecular weight excluding hydrogens is 462 g/mol. The third-order valence-corrected chi connectivity index (χ3v) is 5.28. The van der Waals surface area contributed by atoms with Crippen LogP contribution >= 0.6 is 11.6 Å². The number of benzene rings is 1. The second-order valence-corrected chi connectivity index (χ2v) is 8.75. The Hall–Kier alpha value is -3.11. The molecule has 33 heavy (non-hydrogen) atoms. The first-order valence-corrected chi connectivity index (χ1v) is 10.3. The summed E-state index contributed by atoms with van der Waals surface area (Å²) >= 11 is 6.26. The van der Waals surface area contributed by atoms with Gasteiger partial charge in [0.25, 0.3) is 0 Å². The number of hydrogen-bond donors (Lipinski definition) is 3. The number of imidazole rings is 1. The molecule has 4 aromatic rings. The zero-order valence-electron chi connectivity index (χ0n) is 17.8. The second-order valence-electron chi connectivity index (χ2n) is 8.34. The monoisotopic (exact) mass is 481 g/mol. The van der Waals surface area contributed by atoms with Crippen molar-refractivity contribution in [1.29, 1.82) is 0 Å². The normalized spacial score (nSPS) is 12.5. The topological polar surface area (TPSA) is 82.5 Å². The van der Waals surface area contributed by atoms with Crippen LogP contribution in [0.25, 0.3) is 33.8 Å². The van der Waals surface area contributed by atoms with Gasteiger partial charge in [-0.05, 0) is 32.9 Å².